The molecule has 1 aromatic carbocycles. The molecule has 0 radical (unpaired) electrons. The summed E-state index contributed by atoms with van der Waals surface area (Å²) in [7, 11) is 0. The van der Waals surface area contributed by atoms with E-state index in [0.717, 1.165) is 30.6 Å². The zero-order valence-corrected chi connectivity index (χ0v) is 9.84. The summed E-state index contributed by atoms with van der Waals surface area (Å²) in [5.74, 6) is 0.372. The minimum Gasteiger partial charge on any atom is -0.507 e. The summed E-state index contributed by atoms with van der Waals surface area (Å²) >= 11 is 0. The van der Waals surface area contributed by atoms with Gasteiger partial charge in [0.25, 0.3) is 0 Å². The Bertz CT molecular complexity index is 319. The summed E-state index contributed by atoms with van der Waals surface area (Å²) in [6.45, 7) is 7.36. The van der Waals surface area contributed by atoms with Crippen molar-refractivity contribution in [2.45, 2.75) is 40.2 Å². The van der Waals surface area contributed by atoms with Crippen molar-refractivity contribution in [3.8, 4) is 5.75 Å². The van der Waals surface area contributed by atoms with Crippen LogP contribution in [0, 0.1) is 13.8 Å². The Labute approximate surface area is 91.9 Å². The van der Waals surface area contributed by atoms with E-state index in [1.807, 2.05) is 26.0 Å². The smallest absolute Gasteiger partial charge is 0.124 e. The van der Waals surface area contributed by atoms with E-state index in [-0.39, 0.29) is 0 Å². The van der Waals surface area contributed by atoms with Crippen LogP contribution < -0.4 is 0 Å². The fourth-order valence-electron chi connectivity index (χ4n) is 1.59. The quantitative estimate of drug-likeness (QED) is 0.752. The first-order valence-corrected chi connectivity index (χ1v) is 5.52. The Morgan fingerprint density at radius 1 is 1.27 bits per heavy atom. The second kappa shape index (κ2) is 5.76. The predicted molar refractivity (Wildman–Crippen MR) is 62.1 cm³/mol. The number of ether oxygens (including phenoxy) is 1. The van der Waals surface area contributed by atoms with Gasteiger partial charge < -0.3 is 9.84 Å². The van der Waals surface area contributed by atoms with Gasteiger partial charge in [-0.15, -0.1) is 0 Å². The number of phenols is 1. The van der Waals surface area contributed by atoms with Gasteiger partial charge in [-0.3, -0.25) is 0 Å². The van der Waals surface area contributed by atoms with Crippen LogP contribution in [0.5, 0.6) is 5.75 Å². The van der Waals surface area contributed by atoms with Gasteiger partial charge in [-0.1, -0.05) is 31.0 Å². The Morgan fingerprint density at radius 2 is 2.00 bits per heavy atom. The molecule has 2 nitrogen and oxygen atoms in total. The first-order valence-electron chi connectivity index (χ1n) is 5.52. The molecule has 0 aromatic heterocycles. The van der Waals surface area contributed by atoms with Gasteiger partial charge in [-0.2, -0.15) is 0 Å². The lowest BCUT2D eigenvalue weighted by atomic mass is 10.1. The van der Waals surface area contributed by atoms with Crippen LogP contribution in [0.3, 0.4) is 0 Å². The van der Waals surface area contributed by atoms with E-state index in [1.54, 1.807) is 0 Å². The Balaban J connectivity index is 2.60. The minimum absolute atomic E-state index is 0.372. The molecular formula is C13H20O2. The molecule has 0 atom stereocenters. The van der Waals surface area contributed by atoms with Gasteiger partial charge >= 0.3 is 0 Å². The number of phenolic OH excluding ortho intramolecular Hbond substituents is 1. The third-order valence-electron chi connectivity index (χ3n) is 2.42. The highest BCUT2D eigenvalue weighted by atomic mass is 16.5. The van der Waals surface area contributed by atoms with E-state index in [1.165, 1.54) is 5.56 Å². The minimum atomic E-state index is 0.372. The summed E-state index contributed by atoms with van der Waals surface area (Å²) in [5.41, 5.74) is 2.98. The molecule has 0 spiro atoms. The molecule has 1 rings (SSSR count). The van der Waals surface area contributed by atoms with Gasteiger partial charge in [0.05, 0.1) is 6.61 Å². The SMILES string of the molecule is CCCCOCc1cc(C)cc(C)c1O. The number of unbranched alkanes of at least 4 members (excludes halogenated alkanes) is 1. The maximum absolute atomic E-state index is 9.80. The molecule has 15 heavy (non-hydrogen) atoms. The third kappa shape index (κ3) is 3.56. The molecule has 0 amide bonds. The largest absolute Gasteiger partial charge is 0.507 e. The highest BCUT2D eigenvalue weighted by Crippen LogP contribution is 2.24. The molecule has 0 fully saturated rings. The molecule has 0 bridgehead atoms. The van der Waals surface area contributed by atoms with Crippen LogP contribution in [0.4, 0.5) is 0 Å². The highest BCUT2D eigenvalue weighted by molar-refractivity contribution is 5.42. The number of aryl methyl sites for hydroxylation is 2. The molecule has 1 N–H and O–H groups in total. The van der Waals surface area contributed by atoms with Gasteiger partial charge in [0.2, 0.25) is 0 Å². The van der Waals surface area contributed by atoms with Crippen LogP contribution in [0.2, 0.25) is 0 Å². The van der Waals surface area contributed by atoms with Crippen LogP contribution in [-0.4, -0.2) is 11.7 Å². The maximum Gasteiger partial charge on any atom is 0.124 e. The summed E-state index contributed by atoms with van der Waals surface area (Å²) in [6, 6.07) is 3.96. The van der Waals surface area contributed by atoms with Crippen LogP contribution in [0.25, 0.3) is 0 Å². The average Bonchev–Trinajstić information content (AvgIpc) is 2.19. The van der Waals surface area contributed by atoms with Crippen LogP contribution >= 0.6 is 0 Å². The fourth-order valence-corrected chi connectivity index (χ4v) is 1.59. The molecule has 0 aliphatic rings. The lowest BCUT2D eigenvalue weighted by Gasteiger charge is -2.09. The van der Waals surface area contributed by atoms with Gasteiger partial charge in [0.1, 0.15) is 5.75 Å². The first-order chi connectivity index (χ1) is 7.15. The van der Waals surface area contributed by atoms with Gasteiger partial charge in [-0.25, -0.2) is 0 Å². The van der Waals surface area contributed by atoms with E-state index in [0.29, 0.717) is 12.4 Å². The van der Waals surface area contributed by atoms with Gasteiger partial charge in [-0.05, 0) is 25.8 Å². The molecule has 1 aromatic rings. The zero-order valence-electron chi connectivity index (χ0n) is 9.84. The number of benzene rings is 1. The Kier molecular flexibility index (Phi) is 4.63. The van der Waals surface area contributed by atoms with Crippen molar-refractivity contribution in [2.75, 3.05) is 6.61 Å². The summed E-state index contributed by atoms with van der Waals surface area (Å²) in [4.78, 5) is 0. The van der Waals surface area contributed by atoms with Crippen molar-refractivity contribution < 1.29 is 9.84 Å². The maximum atomic E-state index is 9.80. The van der Waals surface area contributed by atoms with E-state index >= 15 is 0 Å². The molecule has 0 saturated heterocycles. The van der Waals surface area contributed by atoms with Crippen LogP contribution in [0.15, 0.2) is 12.1 Å². The number of aromatic hydroxyl groups is 1. The van der Waals surface area contributed by atoms with Crippen molar-refractivity contribution in [2.24, 2.45) is 0 Å². The van der Waals surface area contributed by atoms with Gasteiger partial charge in [0.15, 0.2) is 0 Å². The standard InChI is InChI=1S/C13H20O2/c1-4-5-6-15-9-12-8-10(2)7-11(3)13(12)14/h7-8,14H,4-6,9H2,1-3H3. The highest BCUT2D eigenvalue weighted by Gasteiger charge is 2.05. The molecular weight excluding hydrogens is 188 g/mol. The molecule has 0 saturated carbocycles. The summed E-state index contributed by atoms with van der Waals surface area (Å²) < 4.78 is 5.49. The molecule has 0 unspecified atom stereocenters. The molecule has 0 heterocycles. The lowest BCUT2D eigenvalue weighted by Crippen LogP contribution is -1.97. The second-order valence-corrected chi connectivity index (χ2v) is 4.00. The monoisotopic (exact) mass is 208 g/mol. The second-order valence-electron chi connectivity index (χ2n) is 4.00. The normalized spacial score (nSPS) is 10.6. The molecule has 84 valence electrons. The van der Waals surface area contributed by atoms with E-state index in [4.69, 9.17) is 4.74 Å². The number of rotatable bonds is 5. The lowest BCUT2D eigenvalue weighted by molar-refractivity contribution is 0.116. The average molecular weight is 208 g/mol. The fraction of sp³-hybridized carbons (Fsp3) is 0.538. The van der Waals surface area contributed by atoms with Gasteiger partial charge in [0, 0.05) is 12.2 Å². The van der Waals surface area contributed by atoms with Crippen molar-refractivity contribution in [1.29, 1.82) is 0 Å². The topological polar surface area (TPSA) is 29.5 Å². The predicted octanol–water partition coefficient (Wildman–Crippen LogP) is 3.33. The first kappa shape index (κ1) is 12.1. The van der Waals surface area contributed by atoms with Crippen molar-refractivity contribution in [3.63, 3.8) is 0 Å². The number of hydrogen-bond acceptors (Lipinski definition) is 2. The summed E-state index contributed by atoms with van der Waals surface area (Å²) in [5, 5.41) is 9.80. The van der Waals surface area contributed by atoms with Crippen molar-refractivity contribution in [1.82, 2.24) is 0 Å². The Morgan fingerprint density at radius 3 is 2.67 bits per heavy atom. The van der Waals surface area contributed by atoms with E-state index in [2.05, 4.69) is 6.92 Å². The molecule has 2 heteroatoms. The molecule has 0 aliphatic heterocycles. The summed E-state index contributed by atoms with van der Waals surface area (Å²) in [6.07, 6.45) is 2.21. The Hall–Kier alpha value is -1.02. The van der Waals surface area contributed by atoms with E-state index < -0.39 is 0 Å². The molecule has 0 aliphatic carbocycles. The van der Waals surface area contributed by atoms with E-state index in [9.17, 15) is 5.11 Å². The van der Waals surface area contributed by atoms with Crippen molar-refractivity contribution in [3.05, 3.63) is 28.8 Å². The van der Waals surface area contributed by atoms with Crippen LogP contribution in [0.1, 0.15) is 36.5 Å². The number of hydrogen-bond donors (Lipinski definition) is 1. The van der Waals surface area contributed by atoms with Crippen LogP contribution in [-0.2, 0) is 11.3 Å². The zero-order chi connectivity index (χ0) is 11.3. The van der Waals surface area contributed by atoms with Crippen molar-refractivity contribution >= 4 is 0 Å². The third-order valence-corrected chi connectivity index (χ3v) is 2.42.